The first-order valence-corrected chi connectivity index (χ1v) is 13.8. The summed E-state index contributed by atoms with van der Waals surface area (Å²) in [5.74, 6) is 0.523. The second-order valence-corrected chi connectivity index (χ2v) is 10.5. The number of fused-ring (bicyclic) bond motifs is 1. The molecule has 8 nitrogen and oxygen atoms in total. The zero-order valence-corrected chi connectivity index (χ0v) is 23.7. The minimum absolute atomic E-state index is 0.0195. The molecule has 2 amide bonds. The first-order valence-electron chi connectivity index (χ1n) is 13.5. The Labute approximate surface area is 236 Å². The molecule has 0 bridgehead atoms. The molecular weight excluding hydrogens is 512 g/mol. The molecule has 1 N–H and O–H groups in total. The Morgan fingerprint density at radius 2 is 1.69 bits per heavy atom. The molecule has 1 aromatic heterocycles. The third kappa shape index (κ3) is 8.25. The molecule has 0 fully saturated rings. The van der Waals surface area contributed by atoms with E-state index in [0.717, 1.165) is 48.7 Å². The van der Waals surface area contributed by atoms with Crippen LogP contribution in [0.4, 0.5) is 11.6 Å². The molecule has 0 atom stereocenters. The molecule has 0 unspecified atom stereocenters. The van der Waals surface area contributed by atoms with Crippen LogP contribution in [-0.4, -0.2) is 64.3 Å². The highest BCUT2D eigenvalue weighted by Crippen LogP contribution is 2.27. The molecule has 4 rings (SSSR count). The highest BCUT2D eigenvalue weighted by molar-refractivity contribution is 6.30. The number of amides is 2. The Morgan fingerprint density at radius 1 is 0.949 bits per heavy atom. The zero-order chi connectivity index (χ0) is 27.8. The number of carbonyl (C=O) groups excluding carboxylic acids is 2. The van der Waals surface area contributed by atoms with Crippen molar-refractivity contribution < 1.29 is 9.59 Å². The van der Waals surface area contributed by atoms with Crippen molar-refractivity contribution in [2.75, 3.05) is 42.9 Å². The summed E-state index contributed by atoms with van der Waals surface area (Å²) < 4.78 is 0. The van der Waals surface area contributed by atoms with E-state index >= 15 is 0 Å². The Kier molecular flexibility index (Phi) is 9.90. The van der Waals surface area contributed by atoms with E-state index in [-0.39, 0.29) is 11.8 Å². The van der Waals surface area contributed by atoms with Gasteiger partial charge in [0.1, 0.15) is 0 Å². The molecule has 1 aliphatic heterocycles. The fraction of sp³-hybridized carbons (Fsp3) is 0.400. The molecule has 39 heavy (non-hydrogen) atoms. The van der Waals surface area contributed by atoms with Gasteiger partial charge in [0, 0.05) is 81.3 Å². The quantitative estimate of drug-likeness (QED) is 0.475. The molecule has 3 aromatic rings. The van der Waals surface area contributed by atoms with Crippen molar-refractivity contribution in [1.82, 2.24) is 19.8 Å². The Balaban J connectivity index is 1.55. The predicted octanol–water partition coefficient (Wildman–Crippen LogP) is 4.84. The van der Waals surface area contributed by atoms with Crippen LogP contribution in [0.2, 0.25) is 5.02 Å². The van der Waals surface area contributed by atoms with E-state index in [2.05, 4.69) is 32.3 Å². The van der Waals surface area contributed by atoms with Crippen LogP contribution in [0.1, 0.15) is 42.3 Å². The highest BCUT2D eigenvalue weighted by atomic mass is 35.5. The lowest BCUT2D eigenvalue weighted by atomic mass is 10.1. The normalized spacial score (nSPS) is 14.9. The number of benzene rings is 2. The number of hydrogen-bond donors (Lipinski definition) is 1. The largest absolute Gasteiger partial charge is 0.354 e. The third-order valence-electron chi connectivity index (χ3n) is 6.82. The van der Waals surface area contributed by atoms with Crippen molar-refractivity contribution in [2.45, 2.75) is 46.7 Å². The van der Waals surface area contributed by atoms with Gasteiger partial charge in [0.2, 0.25) is 17.8 Å². The summed E-state index contributed by atoms with van der Waals surface area (Å²) in [5.41, 5.74) is 4.66. The summed E-state index contributed by atoms with van der Waals surface area (Å²) in [7, 11) is 0. The van der Waals surface area contributed by atoms with Crippen molar-refractivity contribution in [3.05, 3.63) is 82.1 Å². The smallest absolute Gasteiger partial charge is 0.224 e. The lowest BCUT2D eigenvalue weighted by molar-refractivity contribution is -0.131. The summed E-state index contributed by atoms with van der Waals surface area (Å²) in [4.78, 5) is 41.1. The van der Waals surface area contributed by atoms with Crippen molar-refractivity contribution in [3.8, 4) is 0 Å². The maximum atomic E-state index is 13.6. The van der Waals surface area contributed by atoms with Crippen LogP contribution in [0, 0.1) is 13.8 Å². The van der Waals surface area contributed by atoms with Gasteiger partial charge in [0.15, 0.2) is 0 Å². The Hall–Kier alpha value is -3.49. The number of anilines is 2. The van der Waals surface area contributed by atoms with Crippen LogP contribution >= 0.6 is 11.6 Å². The molecule has 1 aliphatic rings. The number of nitrogens with one attached hydrogen (secondary N) is 1. The second kappa shape index (κ2) is 13.5. The van der Waals surface area contributed by atoms with Gasteiger partial charge >= 0.3 is 0 Å². The summed E-state index contributed by atoms with van der Waals surface area (Å²) >= 11 is 6.38. The van der Waals surface area contributed by atoms with Crippen molar-refractivity contribution in [2.24, 2.45) is 0 Å². The van der Waals surface area contributed by atoms with Crippen LogP contribution in [-0.2, 0) is 22.7 Å². The Bertz CT molecular complexity index is 1270. The standard InChI is InChI=1S/C30H37ClN6O2/c1-22-18-23(2)34-30(33-22)32-13-12-29(39)36-17-16-35(20-25-8-5-4-6-9-25)14-7-15-37(24(3)38)28-11-10-27(31)19-26(28)21-36/h4-6,8-11,18-19H,7,12-17,20-21H2,1-3H3,(H,32,33,34). The first-order chi connectivity index (χ1) is 18.8. The molecule has 0 spiro atoms. The van der Waals surface area contributed by atoms with Crippen molar-refractivity contribution >= 4 is 35.1 Å². The molecule has 0 saturated carbocycles. The lowest BCUT2D eigenvalue weighted by Crippen LogP contribution is -2.39. The number of aromatic nitrogens is 2. The SMILES string of the molecule is CC(=O)N1CCCN(Cc2ccccc2)CCN(C(=O)CCNc2nc(C)cc(C)n2)Cc2cc(Cl)ccc21. The number of carbonyl (C=O) groups is 2. The molecule has 0 radical (unpaired) electrons. The second-order valence-electron chi connectivity index (χ2n) is 10.0. The number of aryl methyl sites for hydroxylation is 2. The molecule has 0 aliphatic carbocycles. The maximum Gasteiger partial charge on any atom is 0.224 e. The van der Waals surface area contributed by atoms with Gasteiger partial charge in [-0.05, 0) is 55.7 Å². The monoisotopic (exact) mass is 548 g/mol. The summed E-state index contributed by atoms with van der Waals surface area (Å²) in [6.07, 6.45) is 1.11. The van der Waals surface area contributed by atoms with Gasteiger partial charge in [0.05, 0.1) is 0 Å². The zero-order valence-electron chi connectivity index (χ0n) is 23.0. The van der Waals surface area contributed by atoms with Crippen LogP contribution < -0.4 is 10.2 Å². The number of rotatable bonds is 6. The molecule has 2 heterocycles. The lowest BCUT2D eigenvalue weighted by Gasteiger charge is -2.28. The minimum Gasteiger partial charge on any atom is -0.354 e. The van der Waals surface area contributed by atoms with Gasteiger partial charge < -0.3 is 15.1 Å². The third-order valence-corrected chi connectivity index (χ3v) is 7.06. The summed E-state index contributed by atoms with van der Waals surface area (Å²) in [6, 6.07) is 17.8. The van der Waals surface area contributed by atoms with E-state index in [4.69, 9.17) is 11.6 Å². The Morgan fingerprint density at radius 3 is 2.41 bits per heavy atom. The van der Waals surface area contributed by atoms with Crippen molar-refractivity contribution in [1.29, 1.82) is 0 Å². The topological polar surface area (TPSA) is 81.7 Å². The molecule has 9 heteroatoms. The maximum absolute atomic E-state index is 13.6. The van der Waals surface area contributed by atoms with Gasteiger partial charge in [0.25, 0.3) is 0 Å². The van der Waals surface area contributed by atoms with Crippen molar-refractivity contribution in [3.63, 3.8) is 0 Å². The number of halogens is 1. The van der Waals surface area contributed by atoms with Gasteiger partial charge in [-0.15, -0.1) is 0 Å². The van der Waals surface area contributed by atoms with E-state index in [1.807, 2.05) is 55.1 Å². The van der Waals surface area contributed by atoms with Gasteiger partial charge in [-0.1, -0.05) is 41.9 Å². The fourth-order valence-electron chi connectivity index (χ4n) is 4.96. The van der Waals surface area contributed by atoms with Gasteiger partial charge in [-0.25, -0.2) is 9.97 Å². The average molecular weight is 549 g/mol. The minimum atomic E-state index is -0.0250. The van der Waals surface area contributed by atoms with Gasteiger partial charge in [-0.3, -0.25) is 14.5 Å². The van der Waals surface area contributed by atoms with Crippen LogP contribution in [0.3, 0.4) is 0 Å². The molecule has 0 saturated heterocycles. The van der Waals surface area contributed by atoms with E-state index < -0.39 is 0 Å². The van der Waals surface area contributed by atoms with Crippen LogP contribution in [0.25, 0.3) is 0 Å². The summed E-state index contributed by atoms with van der Waals surface area (Å²) in [6.45, 7) is 9.73. The summed E-state index contributed by atoms with van der Waals surface area (Å²) in [5, 5.41) is 3.78. The predicted molar refractivity (Wildman–Crippen MR) is 156 cm³/mol. The van der Waals surface area contributed by atoms with Gasteiger partial charge in [-0.2, -0.15) is 0 Å². The van der Waals surface area contributed by atoms with Crippen LogP contribution in [0.15, 0.2) is 54.6 Å². The molecule has 206 valence electrons. The van der Waals surface area contributed by atoms with E-state index in [0.29, 0.717) is 43.6 Å². The van der Waals surface area contributed by atoms with E-state index in [9.17, 15) is 9.59 Å². The highest BCUT2D eigenvalue weighted by Gasteiger charge is 2.23. The number of hydrogen-bond acceptors (Lipinski definition) is 6. The fourth-order valence-corrected chi connectivity index (χ4v) is 5.15. The molecule has 2 aromatic carbocycles. The van der Waals surface area contributed by atoms with E-state index in [1.165, 1.54) is 5.56 Å². The number of nitrogens with zero attached hydrogens (tertiary/aromatic N) is 5. The average Bonchev–Trinajstić information content (AvgIpc) is 2.92. The first kappa shape index (κ1) is 28.5. The van der Waals surface area contributed by atoms with Crippen LogP contribution in [0.5, 0.6) is 0 Å². The molecular formula is C30H37ClN6O2. The van der Waals surface area contributed by atoms with E-state index in [1.54, 1.807) is 17.9 Å².